The molecule has 0 aliphatic rings. The Hall–Kier alpha value is -0.294. The fourth-order valence-corrected chi connectivity index (χ4v) is 3.79. The predicted molar refractivity (Wildman–Crippen MR) is 118 cm³/mol. The van der Waals surface area contributed by atoms with E-state index in [-0.39, 0.29) is 75.5 Å². The van der Waals surface area contributed by atoms with Crippen molar-refractivity contribution in [3.63, 3.8) is 0 Å². The van der Waals surface area contributed by atoms with E-state index in [1.807, 2.05) is 0 Å². The Morgan fingerprint density at radius 2 is 1.31 bits per heavy atom. The summed E-state index contributed by atoms with van der Waals surface area (Å²) >= 11 is 0. The van der Waals surface area contributed by atoms with Gasteiger partial charge >= 0.3 is 63.3 Å². The molecule has 0 aromatic heterocycles. The molecule has 0 saturated carbocycles. The van der Waals surface area contributed by atoms with E-state index in [2.05, 4.69) is 6.92 Å². The summed E-state index contributed by atoms with van der Waals surface area (Å²) in [7, 11) is -4.57. The van der Waals surface area contributed by atoms with E-state index in [4.69, 9.17) is 9.47 Å². The summed E-state index contributed by atoms with van der Waals surface area (Å²) < 4.78 is 43.7. The van der Waals surface area contributed by atoms with Gasteiger partial charge in [-0.1, -0.05) is 77.3 Å². The molecule has 0 spiro atoms. The zero-order valence-corrected chi connectivity index (χ0v) is 23.6. The summed E-state index contributed by atoms with van der Waals surface area (Å²) in [6, 6.07) is 6.03. The number of hydrogen-bond donors (Lipinski definition) is 0. The molecule has 7 nitrogen and oxygen atoms in total. The van der Waals surface area contributed by atoms with Crippen LogP contribution in [-0.4, -0.2) is 43.4 Å². The number of rotatable bonds is 16. The maximum Gasteiger partial charge on any atom is 1.00 e. The maximum atomic E-state index is 12.4. The fraction of sp³-hybridized carbons (Fsp3) is 0.652. The zero-order chi connectivity index (χ0) is 23.1. The van der Waals surface area contributed by atoms with E-state index in [9.17, 15) is 22.6 Å². The molecule has 0 aliphatic carbocycles. The summed E-state index contributed by atoms with van der Waals surface area (Å²) in [5.41, 5.74) is 0.0409. The van der Waals surface area contributed by atoms with E-state index >= 15 is 0 Å². The third-order valence-corrected chi connectivity index (χ3v) is 6.40. The Labute approximate surface area is 235 Å². The number of unbranched alkanes of at least 4 members (excludes halogenated alkanes) is 8. The molecule has 0 fully saturated rings. The summed E-state index contributed by atoms with van der Waals surface area (Å²) in [6.07, 6.45) is 10.4. The molecule has 32 heavy (non-hydrogen) atoms. The minimum atomic E-state index is -4.57. The van der Waals surface area contributed by atoms with Crippen LogP contribution in [0.2, 0.25) is 0 Å². The molecule has 0 saturated heterocycles. The molecule has 1 rings (SSSR count). The number of hydrogen-bond acceptors (Lipinski definition) is 7. The van der Waals surface area contributed by atoms with Crippen molar-refractivity contribution < 1.29 is 83.4 Å². The second-order valence-electron chi connectivity index (χ2n) is 7.63. The number of benzene rings is 1. The zero-order valence-electron chi connectivity index (χ0n) is 19.6. The average molecular weight is 495 g/mol. The van der Waals surface area contributed by atoms with Crippen molar-refractivity contribution >= 4 is 22.1 Å². The van der Waals surface area contributed by atoms with Crippen molar-refractivity contribution in [1.82, 2.24) is 0 Å². The van der Waals surface area contributed by atoms with Crippen molar-refractivity contribution in [3.8, 4) is 0 Å². The number of esters is 2. The topological polar surface area (TPSA) is 110 Å². The van der Waals surface area contributed by atoms with Crippen molar-refractivity contribution in [3.05, 3.63) is 35.4 Å². The molecule has 0 amide bonds. The van der Waals surface area contributed by atoms with Crippen LogP contribution in [0.5, 0.6) is 0 Å². The largest absolute Gasteiger partial charge is 1.00 e. The van der Waals surface area contributed by atoms with Gasteiger partial charge in [-0.15, -0.1) is 0 Å². The quantitative estimate of drug-likeness (QED) is 0.149. The Morgan fingerprint density at radius 3 is 1.78 bits per heavy atom. The van der Waals surface area contributed by atoms with Crippen LogP contribution < -0.4 is 51.4 Å². The van der Waals surface area contributed by atoms with Gasteiger partial charge in [-0.25, -0.2) is 18.0 Å². The van der Waals surface area contributed by atoms with Crippen molar-refractivity contribution in [2.45, 2.75) is 83.3 Å². The Kier molecular flexibility index (Phi) is 17.9. The third-order valence-electron chi connectivity index (χ3n) is 5.11. The van der Waals surface area contributed by atoms with E-state index in [1.165, 1.54) is 57.6 Å². The average Bonchev–Trinajstić information content (AvgIpc) is 2.74. The molecule has 0 aliphatic heterocycles. The molecule has 9 heteroatoms. The molecule has 0 bridgehead atoms. The normalized spacial score (nSPS) is 12.0. The summed E-state index contributed by atoms with van der Waals surface area (Å²) in [4.78, 5) is 24.7. The second kappa shape index (κ2) is 18.1. The predicted octanol–water partition coefficient (Wildman–Crippen LogP) is 1.86. The molecule has 176 valence electrons. The molecular weight excluding hydrogens is 459 g/mol. The van der Waals surface area contributed by atoms with Crippen LogP contribution in [0, 0.1) is 0 Å². The molecule has 0 N–H and O–H groups in total. The van der Waals surface area contributed by atoms with E-state index < -0.39 is 33.9 Å². The smallest absolute Gasteiger partial charge is 0.748 e. The Balaban J connectivity index is 0.00000961. The van der Waals surface area contributed by atoms with Crippen LogP contribution in [0.1, 0.15) is 98.8 Å². The molecule has 0 heterocycles. The van der Waals surface area contributed by atoms with Crippen LogP contribution in [-0.2, 0) is 19.6 Å². The monoisotopic (exact) mass is 494 g/mol. The van der Waals surface area contributed by atoms with Crippen molar-refractivity contribution in [2.75, 3.05) is 13.2 Å². The van der Waals surface area contributed by atoms with Gasteiger partial charge in [0.15, 0.2) is 0 Å². The summed E-state index contributed by atoms with van der Waals surface area (Å²) in [5, 5.41) is -1.32. The molecular formula is C23H35KO7S. The van der Waals surface area contributed by atoms with E-state index in [0.717, 1.165) is 19.3 Å². The number of carbonyl (C=O) groups excluding carboxylic acids is 2. The first-order chi connectivity index (χ1) is 14.8. The van der Waals surface area contributed by atoms with Crippen LogP contribution in [0.25, 0.3) is 0 Å². The SMILES string of the molecule is CCCCCCCCCCCOC(=O)c1ccccc1C(=O)OCC(CC)S(=O)(=O)[O-].[K+]. The fourth-order valence-electron chi connectivity index (χ4n) is 3.15. The first-order valence-corrected chi connectivity index (χ1v) is 12.7. The van der Waals surface area contributed by atoms with Gasteiger partial charge in [-0.05, 0) is 25.0 Å². The molecule has 1 atom stereocenters. The van der Waals surface area contributed by atoms with Gasteiger partial charge in [0.1, 0.15) is 16.7 Å². The summed E-state index contributed by atoms with van der Waals surface area (Å²) in [6.45, 7) is 3.44. The first kappa shape index (κ1) is 31.7. The minimum Gasteiger partial charge on any atom is -0.748 e. The number of ether oxygens (including phenoxy) is 2. The van der Waals surface area contributed by atoms with Gasteiger partial charge in [0.2, 0.25) is 0 Å². The number of carbonyl (C=O) groups is 2. The minimum absolute atomic E-state index is 0. The van der Waals surface area contributed by atoms with Crippen molar-refractivity contribution in [2.24, 2.45) is 0 Å². The Morgan fingerprint density at radius 1 is 0.844 bits per heavy atom. The third kappa shape index (κ3) is 12.8. The van der Waals surface area contributed by atoms with Gasteiger partial charge < -0.3 is 14.0 Å². The molecule has 1 unspecified atom stereocenters. The van der Waals surface area contributed by atoms with Gasteiger partial charge in [0, 0.05) is 0 Å². The summed E-state index contributed by atoms with van der Waals surface area (Å²) in [5.74, 6) is -1.49. The standard InChI is InChI=1S/C23H36O7S.K/c1-3-5-6-7-8-9-10-11-14-17-29-22(24)20-15-12-13-16-21(20)23(25)30-18-19(4-2)31(26,27)28;/h12-13,15-16,19H,3-11,14,17-18H2,1-2H3,(H,26,27,28);/q;+1/p-1. The van der Waals surface area contributed by atoms with Crippen LogP contribution >= 0.6 is 0 Å². The first-order valence-electron chi connectivity index (χ1n) is 11.2. The van der Waals surface area contributed by atoms with Gasteiger partial charge in [0.05, 0.1) is 23.0 Å². The molecule has 1 aromatic carbocycles. The molecule has 1 aromatic rings. The second-order valence-corrected chi connectivity index (χ2v) is 9.28. The van der Waals surface area contributed by atoms with Crippen LogP contribution in [0.3, 0.4) is 0 Å². The van der Waals surface area contributed by atoms with E-state index in [1.54, 1.807) is 12.1 Å². The van der Waals surface area contributed by atoms with Crippen LogP contribution in [0.15, 0.2) is 24.3 Å². The Bertz CT molecular complexity index is 780. The van der Waals surface area contributed by atoms with Gasteiger partial charge in [-0.2, -0.15) is 0 Å². The van der Waals surface area contributed by atoms with Crippen LogP contribution in [0.4, 0.5) is 0 Å². The van der Waals surface area contributed by atoms with Crippen molar-refractivity contribution in [1.29, 1.82) is 0 Å². The maximum absolute atomic E-state index is 12.4. The van der Waals surface area contributed by atoms with Gasteiger partial charge in [0.25, 0.3) is 0 Å². The van der Waals surface area contributed by atoms with E-state index in [0.29, 0.717) is 0 Å². The molecule has 0 radical (unpaired) electrons. The van der Waals surface area contributed by atoms with Gasteiger partial charge in [-0.3, -0.25) is 0 Å².